The summed E-state index contributed by atoms with van der Waals surface area (Å²) in [6.45, 7) is 4.98. The molecule has 0 amide bonds. The summed E-state index contributed by atoms with van der Waals surface area (Å²) < 4.78 is 2.98. The Kier molecular flexibility index (Phi) is 4.55. The van der Waals surface area contributed by atoms with E-state index in [0.29, 0.717) is 5.56 Å². The number of aryl methyl sites for hydroxylation is 1. The highest BCUT2D eigenvalue weighted by Crippen LogP contribution is 2.19. The molecule has 0 aliphatic heterocycles. The summed E-state index contributed by atoms with van der Waals surface area (Å²) in [7, 11) is 0. The summed E-state index contributed by atoms with van der Waals surface area (Å²) in [5.41, 5.74) is 1.81. The molecule has 100 valence electrons. The number of rotatable bonds is 3. The number of nitrogens with zero attached hydrogens (tertiary/aromatic N) is 3. The van der Waals surface area contributed by atoms with Gasteiger partial charge in [0.25, 0.3) is 0 Å². The van der Waals surface area contributed by atoms with Gasteiger partial charge >= 0.3 is 0 Å². The molecule has 1 heterocycles. The van der Waals surface area contributed by atoms with E-state index in [0.717, 1.165) is 15.8 Å². The van der Waals surface area contributed by atoms with Crippen molar-refractivity contribution >= 4 is 33.5 Å². The maximum Gasteiger partial charge on any atom is 0.210 e. The van der Waals surface area contributed by atoms with Crippen LogP contribution in [-0.2, 0) is 6.54 Å². The molecule has 1 aromatic heterocycles. The smallest absolute Gasteiger partial charge is 0.210 e. The van der Waals surface area contributed by atoms with Gasteiger partial charge in [0.1, 0.15) is 5.75 Å². The molecular formula is C13H14BrN3OS. The number of benzene rings is 1. The van der Waals surface area contributed by atoms with Crippen LogP contribution in [0.4, 0.5) is 0 Å². The summed E-state index contributed by atoms with van der Waals surface area (Å²) in [5.74, 6) is 0.188. The number of hydrogen-bond donors (Lipinski definition) is 1. The molecule has 2 aromatic rings. The summed E-state index contributed by atoms with van der Waals surface area (Å²) in [6, 6.07) is 5.19. The van der Waals surface area contributed by atoms with Gasteiger partial charge < -0.3 is 9.67 Å². The van der Waals surface area contributed by atoms with Gasteiger partial charge in [-0.2, -0.15) is 5.10 Å². The molecule has 4 nitrogen and oxygen atoms in total. The first kappa shape index (κ1) is 14.0. The van der Waals surface area contributed by atoms with Crippen molar-refractivity contribution < 1.29 is 5.11 Å². The Balaban J connectivity index is 2.30. The second-order valence-electron chi connectivity index (χ2n) is 3.95. The molecule has 0 bridgehead atoms. The molecule has 2 rings (SSSR count). The molecule has 0 atom stereocenters. The number of aromatic nitrogens is 1. The van der Waals surface area contributed by atoms with E-state index in [1.54, 1.807) is 35.8 Å². The van der Waals surface area contributed by atoms with Crippen molar-refractivity contribution in [2.45, 2.75) is 20.4 Å². The first-order valence-corrected chi connectivity index (χ1v) is 7.49. The Morgan fingerprint density at radius 3 is 3.00 bits per heavy atom. The van der Waals surface area contributed by atoms with E-state index in [-0.39, 0.29) is 5.75 Å². The minimum atomic E-state index is 0.188. The molecule has 0 aliphatic carbocycles. The van der Waals surface area contributed by atoms with Crippen molar-refractivity contribution in [1.29, 1.82) is 0 Å². The predicted molar refractivity (Wildman–Crippen MR) is 81.7 cm³/mol. The number of hydrogen-bond acceptors (Lipinski definition) is 4. The van der Waals surface area contributed by atoms with Crippen molar-refractivity contribution in [2.75, 3.05) is 0 Å². The van der Waals surface area contributed by atoms with Crippen LogP contribution in [0.1, 0.15) is 18.2 Å². The topological polar surface area (TPSA) is 49.9 Å². The van der Waals surface area contributed by atoms with E-state index in [2.05, 4.69) is 43.0 Å². The van der Waals surface area contributed by atoms with Crippen LogP contribution in [0.3, 0.4) is 0 Å². The second-order valence-corrected chi connectivity index (χ2v) is 5.70. The van der Waals surface area contributed by atoms with Gasteiger partial charge in [-0.15, -0.1) is 16.4 Å². The number of phenolic OH excluding ortho intramolecular Hbond substituents is 1. The van der Waals surface area contributed by atoms with Crippen molar-refractivity contribution in [3.05, 3.63) is 44.1 Å². The largest absolute Gasteiger partial charge is 0.507 e. The third-order valence-electron chi connectivity index (χ3n) is 2.64. The van der Waals surface area contributed by atoms with Crippen molar-refractivity contribution in [2.24, 2.45) is 10.2 Å². The molecule has 0 saturated carbocycles. The van der Waals surface area contributed by atoms with Gasteiger partial charge in [-0.25, -0.2) is 0 Å². The lowest BCUT2D eigenvalue weighted by atomic mass is 10.2. The number of halogens is 1. The zero-order chi connectivity index (χ0) is 13.8. The molecule has 1 aromatic carbocycles. The van der Waals surface area contributed by atoms with Crippen LogP contribution < -0.4 is 4.80 Å². The molecule has 0 unspecified atom stereocenters. The van der Waals surface area contributed by atoms with Crippen molar-refractivity contribution in [1.82, 2.24) is 4.57 Å². The normalized spacial score (nSPS) is 12.5. The molecule has 0 saturated heterocycles. The molecule has 0 radical (unpaired) electrons. The summed E-state index contributed by atoms with van der Waals surface area (Å²) in [5, 5.41) is 20.0. The number of phenols is 1. The van der Waals surface area contributed by atoms with Gasteiger partial charge in [0.15, 0.2) is 0 Å². The van der Waals surface area contributed by atoms with E-state index in [9.17, 15) is 5.11 Å². The SMILES string of the molecule is CCn1c(C)cs/c1=N\N=C\c1cc(Br)ccc1O. The van der Waals surface area contributed by atoms with Crippen LogP contribution in [0.15, 0.2) is 38.3 Å². The first-order chi connectivity index (χ1) is 9.11. The van der Waals surface area contributed by atoms with E-state index >= 15 is 0 Å². The highest BCUT2D eigenvalue weighted by Gasteiger charge is 1.99. The van der Waals surface area contributed by atoms with E-state index in [1.807, 2.05) is 6.92 Å². The number of thiazole rings is 1. The van der Waals surface area contributed by atoms with Crippen LogP contribution in [0.5, 0.6) is 5.75 Å². The summed E-state index contributed by atoms with van der Waals surface area (Å²) >= 11 is 4.91. The van der Waals surface area contributed by atoms with Crippen LogP contribution in [-0.4, -0.2) is 15.9 Å². The average molecular weight is 340 g/mol. The molecule has 0 aliphatic rings. The van der Waals surface area contributed by atoms with Gasteiger partial charge in [-0.3, -0.25) is 0 Å². The fourth-order valence-corrected chi connectivity index (χ4v) is 2.92. The predicted octanol–water partition coefficient (Wildman–Crippen LogP) is 3.28. The third kappa shape index (κ3) is 3.33. The summed E-state index contributed by atoms with van der Waals surface area (Å²) in [6.07, 6.45) is 1.55. The lowest BCUT2D eigenvalue weighted by Gasteiger charge is -1.99. The molecule has 19 heavy (non-hydrogen) atoms. The summed E-state index contributed by atoms with van der Waals surface area (Å²) in [4.78, 5) is 0.853. The van der Waals surface area contributed by atoms with Crippen LogP contribution in [0.2, 0.25) is 0 Å². The quantitative estimate of drug-likeness (QED) is 0.677. The van der Waals surface area contributed by atoms with Gasteiger partial charge in [0.2, 0.25) is 4.80 Å². The minimum absolute atomic E-state index is 0.188. The molecular weight excluding hydrogens is 326 g/mol. The van der Waals surface area contributed by atoms with Gasteiger partial charge in [0.05, 0.1) is 6.21 Å². The van der Waals surface area contributed by atoms with Crippen molar-refractivity contribution in [3.8, 4) is 5.75 Å². The van der Waals surface area contributed by atoms with Gasteiger partial charge in [-0.1, -0.05) is 15.9 Å². The fraction of sp³-hybridized carbons (Fsp3) is 0.231. The average Bonchev–Trinajstić information content (AvgIpc) is 2.74. The zero-order valence-corrected chi connectivity index (χ0v) is 13.1. The molecule has 0 spiro atoms. The van der Waals surface area contributed by atoms with Crippen molar-refractivity contribution in [3.63, 3.8) is 0 Å². The second kappa shape index (κ2) is 6.16. The first-order valence-electron chi connectivity index (χ1n) is 5.82. The Bertz CT molecular complexity index is 673. The zero-order valence-electron chi connectivity index (χ0n) is 10.7. The highest BCUT2D eigenvalue weighted by atomic mass is 79.9. The Hall–Kier alpha value is -1.40. The standard InChI is InChI=1S/C13H14BrN3OS/c1-3-17-9(2)8-19-13(17)16-15-7-10-6-11(14)4-5-12(10)18/h4-8,18H,3H2,1-2H3/b15-7+,16-13-. The maximum absolute atomic E-state index is 9.68. The lowest BCUT2D eigenvalue weighted by molar-refractivity contribution is 0.474. The molecule has 6 heteroatoms. The van der Waals surface area contributed by atoms with Crippen LogP contribution in [0.25, 0.3) is 0 Å². The Labute approximate surface area is 123 Å². The van der Waals surface area contributed by atoms with E-state index in [1.165, 1.54) is 5.69 Å². The van der Waals surface area contributed by atoms with Gasteiger partial charge in [0, 0.05) is 27.7 Å². The van der Waals surface area contributed by atoms with Crippen LogP contribution in [0, 0.1) is 6.92 Å². The fourth-order valence-electron chi connectivity index (χ4n) is 1.65. The van der Waals surface area contributed by atoms with Gasteiger partial charge in [-0.05, 0) is 32.0 Å². The van der Waals surface area contributed by atoms with E-state index < -0.39 is 0 Å². The third-order valence-corrected chi connectivity index (χ3v) is 4.10. The Morgan fingerprint density at radius 2 is 2.26 bits per heavy atom. The van der Waals surface area contributed by atoms with E-state index in [4.69, 9.17) is 0 Å². The minimum Gasteiger partial charge on any atom is -0.507 e. The Morgan fingerprint density at radius 1 is 1.47 bits per heavy atom. The lowest BCUT2D eigenvalue weighted by Crippen LogP contribution is -2.14. The monoisotopic (exact) mass is 339 g/mol. The number of aromatic hydroxyl groups is 1. The molecule has 0 fully saturated rings. The maximum atomic E-state index is 9.68. The van der Waals surface area contributed by atoms with Crippen LogP contribution >= 0.6 is 27.3 Å². The highest BCUT2D eigenvalue weighted by molar-refractivity contribution is 9.10. The molecule has 1 N–H and O–H groups in total.